The number of piperidine rings is 1. The number of halogens is 1. The molecule has 0 amide bonds. The molecule has 2 rings (SSSR count). The van der Waals surface area contributed by atoms with Gasteiger partial charge in [0.25, 0.3) is 0 Å². The lowest BCUT2D eigenvalue weighted by atomic mass is 9.92. The summed E-state index contributed by atoms with van der Waals surface area (Å²) in [6.07, 6.45) is 9.61. The highest BCUT2D eigenvalue weighted by atomic mass is 127. The molecular weight excluding hydrogens is 425 g/mol. The van der Waals surface area contributed by atoms with E-state index in [4.69, 9.17) is 0 Å². The van der Waals surface area contributed by atoms with Crippen molar-refractivity contribution < 1.29 is 0 Å². The van der Waals surface area contributed by atoms with Crippen LogP contribution >= 0.6 is 24.0 Å². The summed E-state index contributed by atoms with van der Waals surface area (Å²) in [5, 5.41) is 10.5. The minimum atomic E-state index is 0. The van der Waals surface area contributed by atoms with Gasteiger partial charge in [0.05, 0.1) is 0 Å². The Bertz CT molecular complexity index is 380. The molecule has 1 saturated carbocycles. The summed E-state index contributed by atoms with van der Waals surface area (Å²) in [4.78, 5) is 7.11. The third kappa shape index (κ3) is 8.91. The summed E-state index contributed by atoms with van der Waals surface area (Å²) < 4.78 is 0. The van der Waals surface area contributed by atoms with Crippen LogP contribution in [0.15, 0.2) is 4.99 Å². The fraction of sp³-hybridized carbons (Fsp3) is 0.947. The van der Waals surface area contributed by atoms with Crippen molar-refractivity contribution in [1.29, 1.82) is 0 Å². The molecule has 2 aliphatic rings. The van der Waals surface area contributed by atoms with Gasteiger partial charge < -0.3 is 20.9 Å². The van der Waals surface area contributed by atoms with Crippen LogP contribution in [0.4, 0.5) is 0 Å². The van der Waals surface area contributed by atoms with Crippen LogP contribution in [0.2, 0.25) is 0 Å². The summed E-state index contributed by atoms with van der Waals surface area (Å²) in [6, 6.07) is 1.42. The molecule has 0 aromatic heterocycles. The van der Waals surface area contributed by atoms with Gasteiger partial charge in [-0.15, -0.1) is 24.0 Å². The van der Waals surface area contributed by atoms with Crippen LogP contribution in [0.3, 0.4) is 0 Å². The molecule has 6 heteroatoms. The van der Waals surface area contributed by atoms with Crippen LogP contribution in [0, 0.1) is 0 Å². The molecule has 3 N–H and O–H groups in total. The summed E-state index contributed by atoms with van der Waals surface area (Å²) in [5.41, 5.74) is 0.171. The maximum atomic E-state index is 4.38. The molecule has 0 spiro atoms. The molecule has 25 heavy (non-hydrogen) atoms. The van der Waals surface area contributed by atoms with Crippen LogP contribution in [-0.4, -0.2) is 61.7 Å². The molecule has 0 aromatic rings. The lowest BCUT2D eigenvalue weighted by molar-refractivity contribution is 0.119. The first-order chi connectivity index (χ1) is 11.5. The number of nitrogens with zero attached hydrogens (tertiary/aromatic N) is 2. The lowest BCUT2D eigenvalue weighted by Gasteiger charge is -2.39. The number of hydrogen-bond acceptors (Lipinski definition) is 3. The number of likely N-dealkylation sites (tertiary alicyclic amines) is 1. The normalized spacial score (nSPS) is 21.7. The van der Waals surface area contributed by atoms with Crippen LogP contribution in [-0.2, 0) is 0 Å². The second-order valence-electron chi connectivity index (χ2n) is 8.42. The summed E-state index contributed by atoms with van der Waals surface area (Å²) >= 11 is 0. The Morgan fingerprint density at radius 3 is 2.20 bits per heavy atom. The average molecular weight is 465 g/mol. The van der Waals surface area contributed by atoms with Crippen molar-refractivity contribution in [3.8, 4) is 0 Å². The predicted octanol–water partition coefficient (Wildman–Crippen LogP) is 2.95. The van der Waals surface area contributed by atoms with E-state index in [1.54, 1.807) is 0 Å². The van der Waals surface area contributed by atoms with E-state index in [-0.39, 0.29) is 29.5 Å². The van der Waals surface area contributed by atoms with Crippen LogP contribution in [0.25, 0.3) is 0 Å². The highest BCUT2D eigenvalue weighted by molar-refractivity contribution is 14.0. The molecule has 0 radical (unpaired) electrons. The summed E-state index contributed by atoms with van der Waals surface area (Å²) in [5.74, 6) is 0.946. The van der Waals surface area contributed by atoms with Gasteiger partial charge in [-0.25, -0.2) is 0 Å². The fourth-order valence-electron chi connectivity index (χ4n) is 3.86. The monoisotopic (exact) mass is 465 g/mol. The summed E-state index contributed by atoms with van der Waals surface area (Å²) in [7, 11) is 1.86. The maximum absolute atomic E-state index is 4.38. The van der Waals surface area contributed by atoms with E-state index >= 15 is 0 Å². The van der Waals surface area contributed by atoms with Gasteiger partial charge in [0.1, 0.15) is 0 Å². The zero-order chi connectivity index (χ0) is 17.4. The van der Waals surface area contributed by atoms with E-state index in [9.17, 15) is 0 Å². The fourth-order valence-corrected chi connectivity index (χ4v) is 3.86. The van der Waals surface area contributed by atoms with Crippen LogP contribution < -0.4 is 16.0 Å². The van der Waals surface area contributed by atoms with Gasteiger partial charge in [0.2, 0.25) is 0 Å². The van der Waals surface area contributed by atoms with Gasteiger partial charge in [-0.1, -0.05) is 19.3 Å². The number of aliphatic imine (C=N–C) groups is 1. The smallest absolute Gasteiger partial charge is 0.191 e. The van der Waals surface area contributed by atoms with E-state index < -0.39 is 0 Å². The molecule has 0 unspecified atom stereocenters. The number of hydrogen-bond donors (Lipinski definition) is 3. The van der Waals surface area contributed by atoms with Crippen molar-refractivity contribution in [2.24, 2.45) is 4.99 Å². The van der Waals surface area contributed by atoms with Crippen molar-refractivity contribution in [2.75, 3.05) is 33.2 Å². The van der Waals surface area contributed by atoms with Gasteiger partial charge in [0, 0.05) is 50.8 Å². The highest BCUT2D eigenvalue weighted by Crippen LogP contribution is 2.25. The standard InChI is InChI=1S/C19H39N5.HI/c1-19(2,3)22-13-12-21-18(20-4)23-16-10-14-24(15-11-16)17-8-6-5-7-9-17;/h16-17,22H,5-15H2,1-4H3,(H2,20,21,23);1H. The minimum Gasteiger partial charge on any atom is -0.355 e. The second kappa shape index (κ2) is 11.6. The van der Waals surface area contributed by atoms with E-state index in [2.05, 4.69) is 46.6 Å². The third-order valence-corrected chi connectivity index (χ3v) is 5.26. The van der Waals surface area contributed by atoms with Crippen molar-refractivity contribution >= 4 is 29.9 Å². The van der Waals surface area contributed by atoms with Crippen molar-refractivity contribution in [3.05, 3.63) is 0 Å². The van der Waals surface area contributed by atoms with Gasteiger partial charge in [-0.3, -0.25) is 4.99 Å². The largest absolute Gasteiger partial charge is 0.355 e. The first-order valence-electron chi connectivity index (χ1n) is 9.94. The zero-order valence-corrected chi connectivity index (χ0v) is 19.1. The highest BCUT2D eigenvalue weighted by Gasteiger charge is 2.26. The second-order valence-corrected chi connectivity index (χ2v) is 8.42. The van der Waals surface area contributed by atoms with Crippen molar-refractivity contribution in [3.63, 3.8) is 0 Å². The molecule has 1 aliphatic carbocycles. The van der Waals surface area contributed by atoms with E-state index in [1.807, 2.05) is 7.05 Å². The van der Waals surface area contributed by atoms with Gasteiger partial charge in [-0.2, -0.15) is 0 Å². The van der Waals surface area contributed by atoms with Gasteiger partial charge >= 0.3 is 0 Å². The Hall–Kier alpha value is -0.0800. The number of guanidine groups is 1. The predicted molar refractivity (Wildman–Crippen MR) is 119 cm³/mol. The Morgan fingerprint density at radius 1 is 1.00 bits per heavy atom. The Balaban J connectivity index is 0.00000312. The first-order valence-corrected chi connectivity index (χ1v) is 9.94. The SMILES string of the molecule is CN=C(NCCNC(C)(C)C)NC1CCN(C2CCCCC2)CC1.I. The Morgan fingerprint density at radius 2 is 1.64 bits per heavy atom. The average Bonchev–Trinajstić information content (AvgIpc) is 2.58. The van der Waals surface area contributed by atoms with Crippen LogP contribution in [0.1, 0.15) is 65.7 Å². The lowest BCUT2D eigenvalue weighted by Crippen LogP contribution is -2.51. The molecule has 5 nitrogen and oxygen atoms in total. The van der Waals surface area contributed by atoms with Gasteiger partial charge in [-0.05, 0) is 46.5 Å². The molecule has 1 heterocycles. The maximum Gasteiger partial charge on any atom is 0.191 e. The topological polar surface area (TPSA) is 51.7 Å². The number of nitrogens with one attached hydrogen (secondary N) is 3. The Kier molecular flexibility index (Phi) is 10.6. The molecular formula is C19H40IN5. The van der Waals surface area contributed by atoms with E-state index in [1.165, 1.54) is 58.0 Å². The molecule has 1 aliphatic heterocycles. The summed E-state index contributed by atoms with van der Waals surface area (Å²) in [6.45, 7) is 10.9. The van der Waals surface area contributed by atoms with E-state index in [0.717, 1.165) is 25.1 Å². The first kappa shape index (κ1) is 23.0. The third-order valence-electron chi connectivity index (χ3n) is 5.26. The van der Waals surface area contributed by atoms with E-state index in [0.29, 0.717) is 6.04 Å². The number of rotatable bonds is 5. The molecule has 2 fully saturated rings. The van der Waals surface area contributed by atoms with Crippen LogP contribution in [0.5, 0.6) is 0 Å². The molecule has 1 saturated heterocycles. The Labute approximate surface area is 172 Å². The van der Waals surface area contributed by atoms with Gasteiger partial charge in [0.15, 0.2) is 5.96 Å². The quantitative estimate of drug-likeness (QED) is 0.253. The van der Waals surface area contributed by atoms with Crippen molar-refractivity contribution in [2.45, 2.75) is 83.3 Å². The molecule has 0 aromatic carbocycles. The molecule has 0 bridgehead atoms. The van der Waals surface area contributed by atoms with Crippen molar-refractivity contribution in [1.82, 2.24) is 20.9 Å². The molecule has 0 atom stereocenters. The molecule has 148 valence electrons. The minimum absolute atomic E-state index is 0. The zero-order valence-electron chi connectivity index (χ0n) is 16.7.